The van der Waals surface area contributed by atoms with Crippen LogP contribution in [-0.4, -0.2) is 24.4 Å². The second kappa shape index (κ2) is 6.15. The van der Waals surface area contributed by atoms with Crippen LogP contribution in [0.1, 0.15) is 30.6 Å². The Labute approximate surface area is 110 Å². The molecule has 0 fully saturated rings. The molecule has 94 valence electrons. The predicted molar refractivity (Wildman–Crippen MR) is 70.5 cm³/mol. The van der Waals surface area contributed by atoms with Crippen LogP contribution in [-0.2, 0) is 0 Å². The van der Waals surface area contributed by atoms with Gasteiger partial charge < -0.3 is 4.90 Å². The molecule has 0 aliphatic heterocycles. The minimum Gasteiger partial charge on any atom is -0.342 e. The Bertz CT molecular complexity index is 386. The minimum absolute atomic E-state index is 0.110. The molecule has 0 saturated heterocycles. The van der Waals surface area contributed by atoms with Crippen LogP contribution >= 0.6 is 15.9 Å². The van der Waals surface area contributed by atoms with Crippen LogP contribution in [0, 0.1) is 11.7 Å². The highest BCUT2D eigenvalue weighted by Gasteiger charge is 2.19. The fourth-order valence-electron chi connectivity index (χ4n) is 1.45. The number of nitrogens with zero attached hydrogens (tertiary/aromatic N) is 1. The van der Waals surface area contributed by atoms with E-state index in [4.69, 9.17) is 0 Å². The number of carbonyl (C=O) groups excluding carboxylic acids is 1. The van der Waals surface area contributed by atoms with Gasteiger partial charge in [-0.15, -0.1) is 0 Å². The van der Waals surface area contributed by atoms with Crippen LogP contribution in [0.4, 0.5) is 4.39 Å². The van der Waals surface area contributed by atoms with Gasteiger partial charge in [-0.25, -0.2) is 4.39 Å². The Morgan fingerprint density at radius 3 is 2.65 bits per heavy atom. The summed E-state index contributed by atoms with van der Waals surface area (Å²) in [7, 11) is 1.70. The maximum atomic E-state index is 13.6. The molecule has 1 amide bonds. The van der Waals surface area contributed by atoms with Gasteiger partial charge in [0, 0.05) is 18.1 Å². The van der Waals surface area contributed by atoms with Gasteiger partial charge in [0.2, 0.25) is 0 Å². The lowest BCUT2D eigenvalue weighted by atomic mass is 10.1. The lowest BCUT2D eigenvalue weighted by Gasteiger charge is -2.19. The molecule has 17 heavy (non-hydrogen) atoms. The third-order valence-corrected chi connectivity index (χ3v) is 3.23. The third-order valence-electron chi connectivity index (χ3n) is 2.57. The molecule has 0 saturated carbocycles. The number of hydrogen-bond acceptors (Lipinski definition) is 1. The van der Waals surface area contributed by atoms with E-state index in [-0.39, 0.29) is 11.5 Å². The molecule has 1 aromatic rings. The van der Waals surface area contributed by atoms with Crippen molar-refractivity contribution in [1.82, 2.24) is 4.90 Å². The highest BCUT2D eigenvalue weighted by molar-refractivity contribution is 9.10. The van der Waals surface area contributed by atoms with Crippen molar-refractivity contribution in [3.63, 3.8) is 0 Å². The maximum Gasteiger partial charge on any atom is 0.257 e. The van der Waals surface area contributed by atoms with Crippen LogP contribution in [0.15, 0.2) is 22.7 Å². The molecule has 0 unspecified atom stereocenters. The van der Waals surface area contributed by atoms with Gasteiger partial charge in [-0.05, 0) is 40.4 Å². The Morgan fingerprint density at radius 1 is 1.47 bits per heavy atom. The molecule has 0 atom stereocenters. The molecule has 4 heteroatoms. The summed E-state index contributed by atoms with van der Waals surface area (Å²) < 4.78 is 14.1. The number of amides is 1. The monoisotopic (exact) mass is 301 g/mol. The van der Waals surface area contributed by atoms with E-state index < -0.39 is 5.82 Å². The highest BCUT2D eigenvalue weighted by atomic mass is 79.9. The van der Waals surface area contributed by atoms with E-state index in [9.17, 15) is 9.18 Å². The van der Waals surface area contributed by atoms with Crippen molar-refractivity contribution in [2.75, 3.05) is 13.6 Å². The lowest BCUT2D eigenvalue weighted by Crippen LogP contribution is -2.29. The van der Waals surface area contributed by atoms with Crippen LogP contribution in [0.5, 0.6) is 0 Å². The van der Waals surface area contributed by atoms with Crippen molar-refractivity contribution in [2.24, 2.45) is 5.92 Å². The molecule has 0 heterocycles. The first-order chi connectivity index (χ1) is 7.93. The van der Waals surface area contributed by atoms with Crippen LogP contribution < -0.4 is 0 Å². The van der Waals surface area contributed by atoms with Gasteiger partial charge in [-0.2, -0.15) is 0 Å². The fraction of sp³-hybridized carbons (Fsp3) is 0.462. The second-order valence-electron chi connectivity index (χ2n) is 4.51. The molecule has 0 bridgehead atoms. The summed E-state index contributed by atoms with van der Waals surface area (Å²) in [5, 5.41) is 0. The first-order valence-electron chi connectivity index (χ1n) is 5.63. The maximum absolute atomic E-state index is 13.6. The fourth-order valence-corrected chi connectivity index (χ4v) is 1.96. The van der Waals surface area contributed by atoms with E-state index in [1.165, 1.54) is 6.07 Å². The predicted octanol–water partition coefficient (Wildman–Crippen LogP) is 3.71. The smallest absolute Gasteiger partial charge is 0.257 e. The molecule has 1 rings (SSSR count). The molecule has 0 N–H and O–H groups in total. The first kappa shape index (κ1) is 14.2. The summed E-state index contributed by atoms with van der Waals surface area (Å²) >= 11 is 3.21. The van der Waals surface area contributed by atoms with E-state index in [0.717, 1.165) is 6.42 Å². The molecular formula is C13H17BrFNO. The summed E-state index contributed by atoms with van der Waals surface area (Å²) in [5.74, 6) is -0.245. The summed E-state index contributed by atoms with van der Waals surface area (Å²) in [6.45, 7) is 4.83. The van der Waals surface area contributed by atoms with Crippen LogP contribution in [0.25, 0.3) is 0 Å². The molecule has 1 aromatic carbocycles. The summed E-state index contributed by atoms with van der Waals surface area (Å²) in [4.78, 5) is 13.6. The van der Waals surface area contributed by atoms with Gasteiger partial charge >= 0.3 is 0 Å². The molecule has 0 spiro atoms. The van der Waals surface area contributed by atoms with E-state index in [0.29, 0.717) is 16.9 Å². The average molecular weight is 302 g/mol. The molecule has 0 radical (unpaired) electrons. The SMILES string of the molecule is CC(C)CCN(C)C(=O)c1c(F)cccc1Br. The first-order valence-corrected chi connectivity index (χ1v) is 6.42. The van der Waals surface area contributed by atoms with E-state index in [1.54, 1.807) is 24.1 Å². The van der Waals surface area contributed by atoms with Crippen molar-refractivity contribution in [2.45, 2.75) is 20.3 Å². The van der Waals surface area contributed by atoms with E-state index >= 15 is 0 Å². The van der Waals surface area contributed by atoms with Gasteiger partial charge in [0.25, 0.3) is 5.91 Å². The van der Waals surface area contributed by atoms with Gasteiger partial charge in [0.1, 0.15) is 5.82 Å². The third kappa shape index (κ3) is 3.80. The zero-order valence-corrected chi connectivity index (χ0v) is 11.9. The standard InChI is InChI=1S/C13H17BrFNO/c1-9(2)7-8-16(3)13(17)12-10(14)5-4-6-11(12)15/h4-6,9H,7-8H2,1-3H3. The Kier molecular flexibility index (Phi) is 5.12. The van der Waals surface area contributed by atoms with Crippen molar-refractivity contribution >= 4 is 21.8 Å². The molecular weight excluding hydrogens is 285 g/mol. The Balaban J connectivity index is 2.82. The van der Waals surface area contributed by atoms with Crippen LogP contribution in [0.2, 0.25) is 0 Å². The van der Waals surface area contributed by atoms with E-state index in [1.807, 2.05) is 0 Å². The van der Waals surface area contributed by atoms with Gasteiger partial charge in [0.05, 0.1) is 5.56 Å². The molecule has 0 aromatic heterocycles. The van der Waals surface area contributed by atoms with Gasteiger partial charge in [0.15, 0.2) is 0 Å². The zero-order chi connectivity index (χ0) is 13.0. The molecule has 0 aliphatic carbocycles. The molecule has 0 aliphatic rings. The molecule has 2 nitrogen and oxygen atoms in total. The number of rotatable bonds is 4. The summed E-state index contributed by atoms with van der Waals surface area (Å²) in [5.41, 5.74) is 0.110. The number of benzene rings is 1. The van der Waals surface area contributed by atoms with Crippen LogP contribution in [0.3, 0.4) is 0 Å². The van der Waals surface area contributed by atoms with Gasteiger partial charge in [-0.1, -0.05) is 19.9 Å². The summed E-state index contributed by atoms with van der Waals surface area (Å²) in [6.07, 6.45) is 0.911. The number of halogens is 2. The lowest BCUT2D eigenvalue weighted by molar-refractivity contribution is 0.0783. The average Bonchev–Trinajstić information content (AvgIpc) is 2.25. The Morgan fingerprint density at radius 2 is 2.12 bits per heavy atom. The van der Waals surface area contributed by atoms with Crippen molar-refractivity contribution in [3.05, 3.63) is 34.1 Å². The summed E-state index contributed by atoms with van der Waals surface area (Å²) in [6, 6.07) is 4.55. The van der Waals surface area contributed by atoms with Crippen molar-refractivity contribution in [1.29, 1.82) is 0 Å². The van der Waals surface area contributed by atoms with Crippen molar-refractivity contribution in [3.8, 4) is 0 Å². The highest BCUT2D eigenvalue weighted by Crippen LogP contribution is 2.21. The largest absolute Gasteiger partial charge is 0.342 e. The topological polar surface area (TPSA) is 20.3 Å². The number of hydrogen-bond donors (Lipinski definition) is 0. The normalized spacial score (nSPS) is 10.7. The van der Waals surface area contributed by atoms with E-state index in [2.05, 4.69) is 29.8 Å². The quantitative estimate of drug-likeness (QED) is 0.830. The minimum atomic E-state index is -0.485. The van der Waals surface area contributed by atoms with Crippen molar-refractivity contribution < 1.29 is 9.18 Å². The Hall–Kier alpha value is -0.900. The second-order valence-corrected chi connectivity index (χ2v) is 5.36. The zero-order valence-electron chi connectivity index (χ0n) is 10.3. The number of carbonyl (C=O) groups is 1. The van der Waals surface area contributed by atoms with Gasteiger partial charge in [-0.3, -0.25) is 4.79 Å².